The molecule has 1 N–H and O–H groups in total. The monoisotopic (exact) mass is 448 g/mol. The summed E-state index contributed by atoms with van der Waals surface area (Å²) in [7, 11) is 0. The highest BCUT2D eigenvalue weighted by atomic mass is 32.1. The molecule has 162 valence electrons. The Labute approximate surface area is 188 Å². The van der Waals surface area contributed by atoms with Gasteiger partial charge in [0.05, 0.1) is 16.4 Å². The van der Waals surface area contributed by atoms with Crippen LogP contribution in [0.15, 0.2) is 65.1 Å². The number of carbonyl (C=O) groups excluding carboxylic acids is 3. The largest absolute Gasteiger partial charge is 0.451 e. The summed E-state index contributed by atoms with van der Waals surface area (Å²) in [6, 6.07) is 16.1. The Kier molecular flexibility index (Phi) is 6.37. The number of anilines is 2. The predicted molar refractivity (Wildman–Crippen MR) is 122 cm³/mol. The molecular weight excluding hydrogens is 428 g/mol. The number of para-hydroxylation sites is 1. The molecule has 2 amide bonds. The van der Waals surface area contributed by atoms with E-state index in [2.05, 4.69) is 15.4 Å². The number of thiazole rings is 1. The second-order valence-electron chi connectivity index (χ2n) is 7.04. The third-order valence-electron chi connectivity index (χ3n) is 4.66. The Morgan fingerprint density at radius 1 is 1.12 bits per heavy atom. The van der Waals surface area contributed by atoms with E-state index in [0.29, 0.717) is 11.4 Å². The molecule has 9 heteroatoms. The third-order valence-corrected chi connectivity index (χ3v) is 5.44. The zero-order chi connectivity index (χ0) is 22.5. The van der Waals surface area contributed by atoms with Gasteiger partial charge in [-0.1, -0.05) is 30.3 Å². The standard InChI is InChI=1S/C23H20N4O4S/c1-15-24-20(14-32-15)16-6-5-7-17(12-16)25-21(28)13-31-23(30)19-10-11-22(29)27(26-19)18-8-3-2-4-9-18/h2-9,12,14H,10-11,13H2,1H3,(H,25,28). The van der Waals surface area contributed by atoms with Crippen molar-refractivity contribution in [3.05, 3.63) is 65.0 Å². The molecule has 1 aromatic heterocycles. The van der Waals surface area contributed by atoms with Gasteiger partial charge >= 0.3 is 5.97 Å². The Morgan fingerprint density at radius 3 is 2.69 bits per heavy atom. The van der Waals surface area contributed by atoms with E-state index in [1.165, 1.54) is 5.01 Å². The average molecular weight is 449 g/mol. The maximum atomic E-state index is 12.4. The number of hydrazone groups is 1. The molecule has 0 saturated heterocycles. The van der Waals surface area contributed by atoms with Gasteiger partial charge in [-0.25, -0.2) is 14.8 Å². The highest BCUT2D eigenvalue weighted by molar-refractivity contribution is 7.09. The van der Waals surface area contributed by atoms with Gasteiger partial charge in [0.15, 0.2) is 6.61 Å². The number of aryl methyl sites for hydroxylation is 1. The minimum Gasteiger partial charge on any atom is -0.451 e. The number of nitrogens with zero attached hydrogens (tertiary/aromatic N) is 3. The summed E-state index contributed by atoms with van der Waals surface area (Å²) in [4.78, 5) is 41.3. The van der Waals surface area contributed by atoms with Crippen LogP contribution in [0.25, 0.3) is 11.3 Å². The van der Waals surface area contributed by atoms with Crippen molar-refractivity contribution >= 4 is 46.2 Å². The van der Waals surface area contributed by atoms with Gasteiger partial charge < -0.3 is 10.1 Å². The Bertz CT molecular complexity index is 1190. The van der Waals surface area contributed by atoms with Crippen LogP contribution in [-0.2, 0) is 19.1 Å². The fraction of sp³-hybridized carbons (Fsp3) is 0.174. The summed E-state index contributed by atoms with van der Waals surface area (Å²) in [5, 5.41) is 10.9. The molecule has 0 radical (unpaired) electrons. The predicted octanol–water partition coefficient (Wildman–Crippen LogP) is 3.78. The number of hydrogen-bond acceptors (Lipinski definition) is 7. The van der Waals surface area contributed by atoms with Crippen LogP contribution in [-0.4, -0.2) is 35.1 Å². The van der Waals surface area contributed by atoms with Crippen LogP contribution in [0.1, 0.15) is 17.8 Å². The van der Waals surface area contributed by atoms with Crippen molar-refractivity contribution in [1.82, 2.24) is 4.98 Å². The van der Waals surface area contributed by atoms with E-state index < -0.39 is 18.5 Å². The fourth-order valence-electron chi connectivity index (χ4n) is 3.14. The summed E-state index contributed by atoms with van der Waals surface area (Å²) in [6.45, 7) is 1.47. The molecule has 1 aliphatic heterocycles. The first-order valence-corrected chi connectivity index (χ1v) is 10.8. The maximum absolute atomic E-state index is 12.4. The Morgan fingerprint density at radius 2 is 1.94 bits per heavy atom. The molecule has 0 atom stereocenters. The number of amides is 2. The van der Waals surface area contributed by atoms with Gasteiger partial charge in [0.2, 0.25) is 5.91 Å². The van der Waals surface area contributed by atoms with E-state index in [1.807, 2.05) is 36.6 Å². The van der Waals surface area contributed by atoms with Crippen LogP contribution in [0.3, 0.4) is 0 Å². The zero-order valence-electron chi connectivity index (χ0n) is 17.3. The first kappa shape index (κ1) is 21.4. The first-order chi connectivity index (χ1) is 15.5. The second kappa shape index (κ2) is 9.52. The van der Waals surface area contributed by atoms with Crippen molar-refractivity contribution in [3.63, 3.8) is 0 Å². The van der Waals surface area contributed by atoms with Crippen LogP contribution < -0.4 is 10.3 Å². The number of esters is 1. The molecule has 0 fully saturated rings. The number of benzene rings is 2. The summed E-state index contributed by atoms with van der Waals surface area (Å²) in [5.74, 6) is -1.40. The van der Waals surface area contributed by atoms with Gasteiger partial charge in [0.1, 0.15) is 5.71 Å². The number of nitrogens with one attached hydrogen (secondary N) is 1. The van der Waals surface area contributed by atoms with Gasteiger partial charge in [0, 0.05) is 29.5 Å². The topological polar surface area (TPSA) is 101 Å². The molecule has 0 bridgehead atoms. The molecule has 0 spiro atoms. The van der Waals surface area contributed by atoms with Crippen LogP contribution in [0.5, 0.6) is 0 Å². The Balaban J connectivity index is 1.36. The molecule has 0 aliphatic carbocycles. The quantitative estimate of drug-likeness (QED) is 0.579. The van der Waals surface area contributed by atoms with Crippen molar-refractivity contribution in [1.29, 1.82) is 0 Å². The van der Waals surface area contributed by atoms with Crippen molar-refractivity contribution in [3.8, 4) is 11.3 Å². The lowest BCUT2D eigenvalue weighted by Crippen LogP contribution is -2.35. The molecule has 1 aliphatic rings. The summed E-state index contributed by atoms with van der Waals surface area (Å²) in [6.07, 6.45) is 0.301. The normalized spacial score (nSPS) is 13.5. The highest BCUT2D eigenvalue weighted by Crippen LogP contribution is 2.24. The number of ether oxygens (including phenoxy) is 1. The number of carbonyl (C=O) groups is 3. The van der Waals surface area contributed by atoms with E-state index >= 15 is 0 Å². The fourth-order valence-corrected chi connectivity index (χ4v) is 3.76. The van der Waals surface area contributed by atoms with Gasteiger partial charge in [-0.15, -0.1) is 11.3 Å². The lowest BCUT2D eigenvalue weighted by molar-refractivity contribution is -0.140. The van der Waals surface area contributed by atoms with Crippen molar-refractivity contribution < 1.29 is 19.1 Å². The lowest BCUT2D eigenvalue weighted by Gasteiger charge is -2.22. The molecular formula is C23H20N4O4S. The SMILES string of the molecule is Cc1nc(-c2cccc(NC(=O)COC(=O)C3=NN(c4ccccc4)C(=O)CC3)c2)cs1. The summed E-state index contributed by atoms with van der Waals surface area (Å²) < 4.78 is 5.12. The molecule has 32 heavy (non-hydrogen) atoms. The van der Waals surface area contributed by atoms with Crippen molar-refractivity contribution in [2.45, 2.75) is 19.8 Å². The van der Waals surface area contributed by atoms with Gasteiger partial charge in [0.25, 0.3) is 5.91 Å². The van der Waals surface area contributed by atoms with Gasteiger partial charge in [-0.2, -0.15) is 5.10 Å². The van der Waals surface area contributed by atoms with Crippen molar-refractivity contribution in [2.24, 2.45) is 5.10 Å². The smallest absolute Gasteiger partial charge is 0.355 e. The van der Waals surface area contributed by atoms with Crippen LogP contribution in [0.4, 0.5) is 11.4 Å². The van der Waals surface area contributed by atoms with E-state index in [4.69, 9.17) is 4.74 Å². The lowest BCUT2D eigenvalue weighted by atomic mass is 10.1. The second-order valence-corrected chi connectivity index (χ2v) is 8.11. The van der Waals surface area contributed by atoms with E-state index in [1.54, 1.807) is 41.7 Å². The molecule has 0 saturated carbocycles. The minimum absolute atomic E-state index is 0.0992. The first-order valence-electron chi connectivity index (χ1n) is 9.94. The van der Waals surface area contributed by atoms with Crippen LogP contribution in [0.2, 0.25) is 0 Å². The summed E-state index contributed by atoms with van der Waals surface area (Å²) >= 11 is 1.55. The molecule has 2 heterocycles. The minimum atomic E-state index is -0.722. The Hall–Kier alpha value is -3.85. The molecule has 2 aromatic carbocycles. The van der Waals surface area contributed by atoms with E-state index in [0.717, 1.165) is 16.3 Å². The number of hydrogen-bond donors (Lipinski definition) is 1. The molecule has 0 unspecified atom stereocenters. The van der Waals surface area contributed by atoms with Crippen LogP contribution in [0, 0.1) is 6.92 Å². The zero-order valence-corrected chi connectivity index (χ0v) is 18.1. The molecule has 3 aromatic rings. The molecule has 8 nitrogen and oxygen atoms in total. The van der Waals surface area contributed by atoms with Gasteiger partial charge in [-0.3, -0.25) is 9.59 Å². The average Bonchev–Trinajstić information content (AvgIpc) is 3.25. The maximum Gasteiger partial charge on any atom is 0.355 e. The number of aromatic nitrogens is 1. The van der Waals surface area contributed by atoms with Gasteiger partial charge in [-0.05, 0) is 31.2 Å². The van der Waals surface area contributed by atoms with Crippen molar-refractivity contribution in [2.75, 3.05) is 16.9 Å². The molecule has 4 rings (SSSR count). The highest BCUT2D eigenvalue weighted by Gasteiger charge is 2.26. The van der Waals surface area contributed by atoms with E-state index in [9.17, 15) is 14.4 Å². The van der Waals surface area contributed by atoms with Crippen LogP contribution >= 0.6 is 11.3 Å². The van der Waals surface area contributed by atoms with E-state index in [-0.39, 0.29) is 24.5 Å². The summed E-state index contributed by atoms with van der Waals surface area (Å²) in [5.41, 5.74) is 2.96. The third kappa shape index (κ3) is 5.06. The number of rotatable bonds is 6.